The third-order valence-corrected chi connectivity index (χ3v) is 4.70. The minimum Gasteiger partial charge on any atom is -0.481 e. The van der Waals surface area contributed by atoms with Crippen LogP contribution in [-0.4, -0.2) is 68.9 Å². The van der Waals surface area contributed by atoms with Gasteiger partial charge >= 0.3 is 5.97 Å². The molecule has 1 aromatic rings. The van der Waals surface area contributed by atoms with Crippen LogP contribution in [0, 0.1) is 0 Å². The Kier molecular flexibility index (Phi) is 5.31. The van der Waals surface area contributed by atoms with Gasteiger partial charge in [-0.25, -0.2) is 4.98 Å². The van der Waals surface area contributed by atoms with Crippen LogP contribution >= 0.6 is 0 Å². The first kappa shape index (κ1) is 20.4. The van der Waals surface area contributed by atoms with Gasteiger partial charge in [-0.1, -0.05) is 26.0 Å². The summed E-state index contributed by atoms with van der Waals surface area (Å²) < 4.78 is 0. The summed E-state index contributed by atoms with van der Waals surface area (Å²) in [7, 11) is 0. The van der Waals surface area contributed by atoms with Crippen LogP contribution in [0.2, 0.25) is 0 Å². The molecule has 154 valence electrons. The van der Waals surface area contributed by atoms with Crippen molar-refractivity contribution in [2.24, 2.45) is 10.3 Å². The molecule has 11 nitrogen and oxygen atoms in total. The Morgan fingerprint density at radius 3 is 2.62 bits per heavy atom. The minimum absolute atomic E-state index is 0.116. The molecule has 2 N–H and O–H groups in total. The van der Waals surface area contributed by atoms with Crippen molar-refractivity contribution in [2.75, 3.05) is 18.4 Å². The SMILES string of the molecule is CC(C)(C)c1ccnc(NC(=O)CN2N=N[C@@H]3C(=O)N(CCC(=O)O)C(=O)[C@@H]32)c1. The van der Waals surface area contributed by atoms with Gasteiger partial charge in [-0.15, -0.1) is 0 Å². The number of amides is 3. The summed E-state index contributed by atoms with van der Waals surface area (Å²) in [6.45, 7) is 5.59. The van der Waals surface area contributed by atoms with E-state index in [1.165, 1.54) is 0 Å². The lowest BCUT2D eigenvalue weighted by molar-refractivity contribution is -0.142. The van der Waals surface area contributed by atoms with Crippen LogP contribution in [0.4, 0.5) is 5.82 Å². The molecule has 0 unspecified atom stereocenters. The maximum absolute atomic E-state index is 12.5. The van der Waals surface area contributed by atoms with Crippen LogP contribution in [0.1, 0.15) is 32.8 Å². The monoisotopic (exact) mass is 402 g/mol. The number of carbonyl (C=O) groups is 4. The molecule has 3 heterocycles. The highest BCUT2D eigenvalue weighted by atomic mass is 16.4. The van der Waals surface area contributed by atoms with Gasteiger partial charge in [-0.2, -0.15) is 5.11 Å². The fourth-order valence-electron chi connectivity index (χ4n) is 3.13. The molecule has 1 saturated heterocycles. The Bertz CT molecular complexity index is 893. The zero-order valence-corrected chi connectivity index (χ0v) is 16.3. The highest BCUT2D eigenvalue weighted by Crippen LogP contribution is 2.28. The third-order valence-electron chi connectivity index (χ3n) is 4.70. The molecule has 0 saturated carbocycles. The zero-order valence-electron chi connectivity index (χ0n) is 16.3. The molecule has 0 aliphatic carbocycles. The second-order valence-corrected chi connectivity index (χ2v) is 7.89. The number of nitrogens with zero attached hydrogens (tertiary/aromatic N) is 5. The Morgan fingerprint density at radius 1 is 1.24 bits per heavy atom. The molecular formula is C18H22N6O5. The van der Waals surface area contributed by atoms with Crippen LogP contribution in [0.15, 0.2) is 28.7 Å². The number of fused-ring (bicyclic) bond motifs is 1. The number of carboxylic acids is 1. The minimum atomic E-state index is -1.12. The lowest BCUT2D eigenvalue weighted by Crippen LogP contribution is -2.43. The smallest absolute Gasteiger partial charge is 0.305 e. The molecule has 2 aliphatic rings. The molecule has 0 bridgehead atoms. The fraction of sp³-hybridized carbons (Fsp3) is 0.500. The van der Waals surface area contributed by atoms with Crippen molar-refractivity contribution in [3.8, 4) is 0 Å². The van der Waals surface area contributed by atoms with E-state index < -0.39 is 35.8 Å². The van der Waals surface area contributed by atoms with E-state index >= 15 is 0 Å². The summed E-state index contributed by atoms with van der Waals surface area (Å²) >= 11 is 0. The Labute approximate surface area is 166 Å². The van der Waals surface area contributed by atoms with E-state index in [0.29, 0.717) is 5.82 Å². The van der Waals surface area contributed by atoms with Crippen molar-refractivity contribution in [2.45, 2.75) is 44.7 Å². The second-order valence-electron chi connectivity index (χ2n) is 7.89. The fourth-order valence-corrected chi connectivity index (χ4v) is 3.13. The zero-order chi connectivity index (χ0) is 21.3. The Hall–Kier alpha value is -3.37. The number of aromatic nitrogens is 1. The molecular weight excluding hydrogens is 380 g/mol. The van der Waals surface area contributed by atoms with E-state index in [1.54, 1.807) is 12.3 Å². The summed E-state index contributed by atoms with van der Waals surface area (Å²) in [6.07, 6.45) is 1.24. The average Bonchev–Trinajstić information content (AvgIpc) is 3.13. The number of carbonyl (C=O) groups excluding carboxylic acids is 3. The lowest BCUT2D eigenvalue weighted by Gasteiger charge is -2.21. The number of hydrogen-bond acceptors (Lipinski definition) is 8. The van der Waals surface area contributed by atoms with E-state index in [4.69, 9.17) is 5.11 Å². The molecule has 2 atom stereocenters. The number of carboxylic acid groups (broad SMARTS) is 1. The van der Waals surface area contributed by atoms with Crippen molar-refractivity contribution in [1.29, 1.82) is 0 Å². The van der Waals surface area contributed by atoms with Gasteiger partial charge in [0, 0.05) is 12.7 Å². The van der Waals surface area contributed by atoms with Gasteiger partial charge in [0.15, 0.2) is 12.1 Å². The average molecular weight is 402 g/mol. The van der Waals surface area contributed by atoms with Gasteiger partial charge in [-0.05, 0) is 23.1 Å². The standard InChI is InChI=1S/C18H22N6O5/c1-18(2,3)10-4-6-19-11(8-10)20-12(25)9-24-15-14(21-22-24)16(28)23(17(15)29)7-5-13(26)27/h4,6,8,14-15H,5,7,9H2,1-3H3,(H,26,27)(H,19,20,25)/t14-,15+/m0/s1. The highest BCUT2D eigenvalue weighted by molar-refractivity contribution is 6.09. The summed E-state index contributed by atoms with van der Waals surface area (Å²) in [5, 5.41) is 20.1. The topological polar surface area (TPSA) is 145 Å². The van der Waals surface area contributed by atoms with E-state index in [2.05, 4.69) is 20.6 Å². The number of aliphatic carboxylic acids is 1. The van der Waals surface area contributed by atoms with E-state index in [0.717, 1.165) is 15.5 Å². The van der Waals surface area contributed by atoms with Crippen LogP contribution in [0.25, 0.3) is 0 Å². The normalized spacial score (nSPS) is 20.9. The first-order valence-corrected chi connectivity index (χ1v) is 9.09. The lowest BCUT2D eigenvalue weighted by atomic mass is 9.88. The van der Waals surface area contributed by atoms with Gasteiger partial charge < -0.3 is 10.4 Å². The number of nitrogens with one attached hydrogen (secondary N) is 1. The third kappa shape index (κ3) is 4.23. The number of likely N-dealkylation sites (tertiary alicyclic amines) is 1. The number of rotatable bonds is 6. The van der Waals surface area contributed by atoms with E-state index in [9.17, 15) is 19.2 Å². The van der Waals surface area contributed by atoms with Crippen LogP contribution in [0.5, 0.6) is 0 Å². The van der Waals surface area contributed by atoms with E-state index in [1.807, 2.05) is 26.8 Å². The Balaban J connectivity index is 1.65. The molecule has 0 spiro atoms. The molecule has 1 aromatic heterocycles. The predicted octanol–water partition coefficient (Wildman–Crippen LogP) is 0.581. The number of anilines is 1. The molecule has 0 radical (unpaired) electrons. The predicted molar refractivity (Wildman–Crippen MR) is 99.7 cm³/mol. The maximum atomic E-state index is 12.5. The Morgan fingerprint density at radius 2 is 1.97 bits per heavy atom. The van der Waals surface area contributed by atoms with Crippen molar-refractivity contribution in [3.63, 3.8) is 0 Å². The van der Waals surface area contributed by atoms with Gasteiger partial charge in [0.25, 0.3) is 11.8 Å². The summed E-state index contributed by atoms with van der Waals surface area (Å²) in [5.74, 6) is -2.43. The number of pyridine rings is 1. The quantitative estimate of drug-likeness (QED) is 0.662. The highest BCUT2D eigenvalue weighted by Gasteiger charge is 2.54. The number of hydrogen-bond donors (Lipinski definition) is 2. The van der Waals surface area contributed by atoms with Crippen molar-refractivity contribution in [1.82, 2.24) is 14.9 Å². The van der Waals surface area contributed by atoms with Crippen LogP contribution < -0.4 is 5.32 Å². The first-order chi connectivity index (χ1) is 13.6. The number of imide groups is 1. The van der Waals surface area contributed by atoms with Gasteiger partial charge in [0.2, 0.25) is 5.91 Å². The largest absolute Gasteiger partial charge is 0.481 e. The van der Waals surface area contributed by atoms with Crippen LogP contribution in [0.3, 0.4) is 0 Å². The molecule has 3 rings (SSSR count). The van der Waals surface area contributed by atoms with Crippen molar-refractivity contribution in [3.05, 3.63) is 23.9 Å². The van der Waals surface area contributed by atoms with Gasteiger partial charge in [0.1, 0.15) is 12.4 Å². The molecule has 11 heteroatoms. The van der Waals surface area contributed by atoms with Gasteiger partial charge in [-0.3, -0.25) is 29.1 Å². The second kappa shape index (κ2) is 7.57. The molecule has 0 aromatic carbocycles. The molecule has 1 fully saturated rings. The van der Waals surface area contributed by atoms with Gasteiger partial charge in [0.05, 0.1) is 6.42 Å². The molecule has 3 amide bonds. The maximum Gasteiger partial charge on any atom is 0.305 e. The summed E-state index contributed by atoms with van der Waals surface area (Å²) in [5.41, 5.74) is 0.879. The van der Waals surface area contributed by atoms with Crippen molar-refractivity contribution < 1.29 is 24.3 Å². The van der Waals surface area contributed by atoms with E-state index in [-0.39, 0.29) is 24.9 Å². The summed E-state index contributed by atoms with van der Waals surface area (Å²) in [4.78, 5) is 52.9. The van der Waals surface area contributed by atoms with Crippen LogP contribution in [-0.2, 0) is 24.6 Å². The summed E-state index contributed by atoms with van der Waals surface area (Å²) in [6, 6.07) is 1.55. The van der Waals surface area contributed by atoms with Crippen molar-refractivity contribution >= 4 is 29.5 Å². The molecule has 2 aliphatic heterocycles. The molecule has 29 heavy (non-hydrogen) atoms. The first-order valence-electron chi connectivity index (χ1n) is 9.09.